The summed E-state index contributed by atoms with van der Waals surface area (Å²) in [5.74, 6) is 0.616. The lowest BCUT2D eigenvalue weighted by molar-refractivity contribution is -0.0162. The highest BCUT2D eigenvalue weighted by Gasteiger charge is 2.46. The van der Waals surface area contributed by atoms with Crippen molar-refractivity contribution in [3.63, 3.8) is 0 Å². The van der Waals surface area contributed by atoms with Gasteiger partial charge in [-0.3, -0.25) is 0 Å². The van der Waals surface area contributed by atoms with Crippen LogP contribution in [0.4, 0.5) is 5.95 Å². The molecule has 0 aromatic carbocycles. The smallest absolute Gasteiger partial charge is 0.281 e. The molecule has 2 aliphatic rings. The molecule has 1 aromatic rings. The van der Waals surface area contributed by atoms with Crippen LogP contribution < -0.4 is 4.90 Å². The van der Waals surface area contributed by atoms with Crippen molar-refractivity contribution in [1.82, 2.24) is 18.6 Å². The minimum Gasteiger partial charge on any atom is -0.373 e. The number of fused-ring (bicyclic) bond motifs is 1. The fourth-order valence-electron chi connectivity index (χ4n) is 2.87. The van der Waals surface area contributed by atoms with Gasteiger partial charge in [-0.2, -0.15) is 17.0 Å². The highest BCUT2D eigenvalue weighted by molar-refractivity contribution is 7.86. The van der Waals surface area contributed by atoms with Crippen molar-refractivity contribution >= 4 is 16.2 Å². The topological polar surface area (TPSA) is 78.9 Å². The molecule has 8 nitrogen and oxygen atoms in total. The number of anilines is 1. The molecule has 3 rings (SSSR count). The van der Waals surface area contributed by atoms with E-state index in [1.807, 2.05) is 11.8 Å². The second-order valence-electron chi connectivity index (χ2n) is 5.84. The minimum atomic E-state index is -3.45. The van der Waals surface area contributed by atoms with Crippen molar-refractivity contribution in [2.24, 2.45) is 0 Å². The second-order valence-corrected chi connectivity index (χ2v) is 7.94. The maximum Gasteiger partial charge on any atom is 0.281 e. The SMILES string of the molecule is Cc1cnc(N2C[C@@H]3OCCN(S(=O)(=O)N(C)C)[C@@H]3C2)nc1. The lowest BCUT2D eigenvalue weighted by atomic mass is 10.2. The Balaban J connectivity index is 1.82. The number of hydrogen-bond donors (Lipinski definition) is 0. The van der Waals surface area contributed by atoms with Gasteiger partial charge in [0, 0.05) is 46.1 Å². The summed E-state index contributed by atoms with van der Waals surface area (Å²) in [5, 5.41) is 0. The molecule has 0 unspecified atom stereocenters. The lowest BCUT2D eigenvalue weighted by Gasteiger charge is -2.36. The summed E-state index contributed by atoms with van der Waals surface area (Å²) in [7, 11) is -0.345. The summed E-state index contributed by atoms with van der Waals surface area (Å²) in [6.45, 7) is 3.87. The molecule has 22 heavy (non-hydrogen) atoms. The molecular weight excluding hydrogens is 306 g/mol. The molecule has 0 amide bonds. The second kappa shape index (κ2) is 5.73. The Morgan fingerprint density at radius 1 is 1.27 bits per heavy atom. The molecule has 1 aromatic heterocycles. The molecule has 0 saturated carbocycles. The van der Waals surface area contributed by atoms with Crippen molar-refractivity contribution in [3.8, 4) is 0 Å². The fraction of sp³-hybridized carbons (Fsp3) is 0.692. The van der Waals surface area contributed by atoms with Gasteiger partial charge >= 0.3 is 0 Å². The third-order valence-electron chi connectivity index (χ3n) is 4.06. The predicted octanol–water partition coefficient (Wildman–Crippen LogP) is -0.519. The number of ether oxygens (including phenoxy) is 1. The number of aromatic nitrogens is 2. The molecule has 9 heteroatoms. The predicted molar refractivity (Wildman–Crippen MR) is 81.8 cm³/mol. The molecule has 0 radical (unpaired) electrons. The zero-order valence-electron chi connectivity index (χ0n) is 13.0. The van der Waals surface area contributed by atoms with Crippen LogP contribution in [0.25, 0.3) is 0 Å². The first-order chi connectivity index (χ1) is 10.4. The highest BCUT2D eigenvalue weighted by atomic mass is 32.2. The summed E-state index contributed by atoms with van der Waals surface area (Å²) >= 11 is 0. The maximum absolute atomic E-state index is 12.5. The van der Waals surface area contributed by atoms with Crippen LogP contribution in [0.2, 0.25) is 0 Å². The monoisotopic (exact) mass is 327 g/mol. The van der Waals surface area contributed by atoms with Gasteiger partial charge in [-0.25, -0.2) is 9.97 Å². The third-order valence-corrected chi connectivity index (χ3v) is 6.03. The summed E-state index contributed by atoms with van der Waals surface area (Å²) in [6, 6.07) is -0.203. The Hall–Kier alpha value is -1.29. The van der Waals surface area contributed by atoms with Crippen LogP contribution in [-0.2, 0) is 14.9 Å². The molecule has 0 bridgehead atoms. The van der Waals surface area contributed by atoms with Gasteiger partial charge in [-0.05, 0) is 12.5 Å². The van der Waals surface area contributed by atoms with Gasteiger partial charge in [0.05, 0.1) is 18.8 Å². The minimum absolute atomic E-state index is 0.145. The number of hydrogen-bond acceptors (Lipinski definition) is 6. The molecule has 2 fully saturated rings. The van der Waals surface area contributed by atoms with E-state index < -0.39 is 10.2 Å². The number of aryl methyl sites for hydroxylation is 1. The van der Waals surface area contributed by atoms with Gasteiger partial charge in [0.2, 0.25) is 5.95 Å². The molecule has 2 atom stereocenters. The van der Waals surface area contributed by atoms with E-state index >= 15 is 0 Å². The van der Waals surface area contributed by atoms with E-state index in [4.69, 9.17) is 4.74 Å². The van der Waals surface area contributed by atoms with Gasteiger partial charge < -0.3 is 9.64 Å². The van der Waals surface area contributed by atoms with Gasteiger partial charge in [0.15, 0.2) is 0 Å². The van der Waals surface area contributed by atoms with Gasteiger partial charge in [0.25, 0.3) is 10.2 Å². The standard InChI is InChI=1S/C13H21N5O3S/c1-10-6-14-13(15-7-10)17-8-11-12(9-17)21-5-4-18(11)22(19,20)16(2)3/h6-7,11-12H,4-5,8-9H2,1-3H3/t11-,12+/m1/s1. The van der Waals surface area contributed by atoms with Gasteiger partial charge in [-0.1, -0.05) is 0 Å². The Morgan fingerprint density at radius 3 is 2.59 bits per heavy atom. The van der Waals surface area contributed by atoms with E-state index in [0.717, 1.165) is 5.56 Å². The lowest BCUT2D eigenvalue weighted by Crippen LogP contribution is -2.55. The molecule has 3 heterocycles. The average Bonchev–Trinajstić information content (AvgIpc) is 2.91. The van der Waals surface area contributed by atoms with E-state index in [2.05, 4.69) is 9.97 Å². The normalized spacial score (nSPS) is 26.5. The highest BCUT2D eigenvalue weighted by Crippen LogP contribution is 2.27. The van der Waals surface area contributed by atoms with E-state index in [9.17, 15) is 8.42 Å². The Morgan fingerprint density at radius 2 is 1.95 bits per heavy atom. The third kappa shape index (κ3) is 2.69. The van der Waals surface area contributed by atoms with E-state index in [-0.39, 0.29) is 12.1 Å². The average molecular weight is 327 g/mol. The van der Waals surface area contributed by atoms with Crippen molar-refractivity contribution in [2.75, 3.05) is 45.2 Å². The molecule has 2 aliphatic heterocycles. The summed E-state index contributed by atoms with van der Waals surface area (Å²) in [6.07, 6.45) is 3.38. The van der Waals surface area contributed by atoms with Crippen molar-refractivity contribution in [1.29, 1.82) is 0 Å². The molecule has 0 spiro atoms. The molecule has 2 saturated heterocycles. The van der Waals surface area contributed by atoms with Crippen LogP contribution in [-0.4, -0.2) is 79.5 Å². The molecule has 0 N–H and O–H groups in total. The quantitative estimate of drug-likeness (QED) is 0.743. The van der Waals surface area contributed by atoms with Crippen molar-refractivity contribution in [3.05, 3.63) is 18.0 Å². The molecule has 0 aliphatic carbocycles. The number of nitrogens with zero attached hydrogens (tertiary/aromatic N) is 5. The Labute approximate surface area is 130 Å². The van der Waals surface area contributed by atoms with Crippen LogP contribution in [0, 0.1) is 6.92 Å². The van der Waals surface area contributed by atoms with Gasteiger partial charge in [-0.15, -0.1) is 0 Å². The zero-order valence-corrected chi connectivity index (χ0v) is 13.8. The molecular formula is C13H21N5O3S. The summed E-state index contributed by atoms with van der Waals surface area (Å²) in [4.78, 5) is 10.6. The van der Waals surface area contributed by atoms with Gasteiger partial charge in [0.1, 0.15) is 0 Å². The van der Waals surface area contributed by atoms with Crippen LogP contribution in [0.1, 0.15) is 5.56 Å². The Kier molecular flexibility index (Phi) is 4.06. The summed E-state index contributed by atoms with van der Waals surface area (Å²) in [5.41, 5.74) is 0.994. The largest absolute Gasteiger partial charge is 0.373 e. The summed E-state index contributed by atoms with van der Waals surface area (Å²) < 4.78 is 33.5. The first kappa shape index (κ1) is 15.6. The first-order valence-corrected chi connectivity index (χ1v) is 8.64. The van der Waals surface area contributed by atoms with Crippen LogP contribution >= 0.6 is 0 Å². The Bertz CT molecular complexity index is 634. The molecule has 122 valence electrons. The first-order valence-electron chi connectivity index (χ1n) is 7.24. The van der Waals surface area contributed by atoms with Crippen molar-refractivity contribution in [2.45, 2.75) is 19.1 Å². The van der Waals surface area contributed by atoms with Crippen molar-refractivity contribution < 1.29 is 13.2 Å². The zero-order chi connectivity index (χ0) is 15.9. The number of morpholine rings is 1. The van der Waals surface area contributed by atoms with Crippen LogP contribution in [0.3, 0.4) is 0 Å². The van der Waals surface area contributed by atoms with E-state index in [1.54, 1.807) is 26.5 Å². The van der Waals surface area contributed by atoms with E-state index in [0.29, 0.717) is 32.2 Å². The van der Waals surface area contributed by atoms with Crippen LogP contribution in [0.5, 0.6) is 0 Å². The number of rotatable bonds is 3. The van der Waals surface area contributed by atoms with Crippen LogP contribution in [0.15, 0.2) is 12.4 Å². The maximum atomic E-state index is 12.5. The van der Waals surface area contributed by atoms with E-state index in [1.165, 1.54) is 8.61 Å². The fourth-order valence-corrected chi connectivity index (χ4v) is 4.13.